The minimum atomic E-state index is 0.611. The lowest BCUT2D eigenvalue weighted by molar-refractivity contribution is 0.391. The zero-order valence-electron chi connectivity index (χ0n) is 14.9. The van der Waals surface area contributed by atoms with Crippen LogP contribution < -0.4 is 4.90 Å². The molecule has 9 heteroatoms. The van der Waals surface area contributed by atoms with Crippen LogP contribution in [-0.4, -0.2) is 62.6 Å². The van der Waals surface area contributed by atoms with Crippen molar-refractivity contribution in [2.45, 2.75) is 12.2 Å². The van der Waals surface area contributed by atoms with Crippen LogP contribution in [0.25, 0.3) is 16.2 Å². The number of imidazole rings is 1. The normalized spacial score (nSPS) is 20.5. The third-order valence-corrected chi connectivity index (χ3v) is 7.17. The van der Waals surface area contributed by atoms with Crippen LogP contribution in [0, 0.1) is 0 Å². The van der Waals surface area contributed by atoms with E-state index >= 15 is 0 Å². The second-order valence-corrected chi connectivity index (χ2v) is 9.55. The lowest BCUT2D eigenvalue weighted by atomic mass is 10.2. The topological polar surface area (TPSA) is 49.0 Å². The largest absolute Gasteiger partial charge is 0.348 e. The number of anilines is 1. The van der Waals surface area contributed by atoms with E-state index in [2.05, 4.69) is 21.7 Å². The molecular formula is C18H19ClN6S2. The summed E-state index contributed by atoms with van der Waals surface area (Å²) in [4.78, 5) is 15.1. The summed E-state index contributed by atoms with van der Waals surface area (Å²) in [5.41, 5.74) is 1.98. The monoisotopic (exact) mass is 418 g/mol. The molecule has 0 spiro atoms. The number of aromatic nitrogens is 3. The second kappa shape index (κ2) is 7.00. The first-order chi connectivity index (χ1) is 13.2. The van der Waals surface area contributed by atoms with Crippen molar-refractivity contribution >= 4 is 50.0 Å². The quantitative estimate of drug-likeness (QED) is 0.634. The Morgan fingerprint density at radius 1 is 1.07 bits per heavy atom. The Labute approximate surface area is 170 Å². The average Bonchev–Trinajstić information content (AvgIpc) is 3.37. The van der Waals surface area contributed by atoms with Crippen LogP contribution >= 0.6 is 34.7 Å². The Morgan fingerprint density at radius 2 is 1.81 bits per heavy atom. The molecule has 0 aliphatic carbocycles. The third kappa shape index (κ3) is 3.41. The predicted octanol–water partition coefficient (Wildman–Crippen LogP) is 3.72. The van der Waals surface area contributed by atoms with Gasteiger partial charge in [0.1, 0.15) is 0 Å². The average molecular weight is 419 g/mol. The maximum atomic E-state index is 5.97. The minimum Gasteiger partial charge on any atom is -0.348 e. The highest BCUT2D eigenvalue weighted by atomic mass is 35.5. The number of aliphatic imine (C=N–C) groups is 1. The molecule has 140 valence electrons. The van der Waals surface area contributed by atoms with E-state index in [1.807, 2.05) is 46.7 Å². The van der Waals surface area contributed by atoms with E-state index in [9.17, 15) is 0 Å². The molecule has 6 nitrogen and oxygen atoms in total. The van der Waals surface area contributed by atoms with Crippen molar-refractivity contribution in [3.63, 3.8) is 0 Å². The molecule has 1 aromatic carbocycles. The predicted molar refractivity (Wildman–Crippen MR) is 114 cm³/mol. The van der Waals surface area contributed by atoms with E-state index in [-0.39, 0.29) is 0 Å². The number of halogens is 1. The van der Waals surface area contributed by atoms with Crippen LogP contribution in [0.5, 0.6) is 0 Å². The van der Waals surface area contributed by atoms with Crippen LogP contribution in [0.1, 0.15) is 6.92 Å². The Morgan fingerprint density at radius 3 is 2.48 bits per heavy atom. The Bertz CT molecular complexity index is 956. The van der Waals surface area contributed by atoms with Crippen LogP contribution in [0.4, 0.5) is 5.13 Å². The van der Waals surface area contributed by atoms with Gasteiger partial charge in [-0.25, -0.2) is 9.50 Å². The van der Waals surface area contributed by atoms with Crippen molar-refractivity contribution < 1.29 is 0 Å². The van der Waals surface area contributed by atoms with Gasteiger partial charge in [-0.05, 0) is 12.1 Å². The van der Waals surface area contributed by atoms with Crippen LogP contribution in [0.15, 0.2) is 35.5 Å². The van der Waals surface area contributed by atoms with Gasteiger partial charge in [0.2, 0.25) is 10.1 Å². The summed E-state index contributed by atoms with van der Waals surface area (Å²) in [6, 6.07) is 7.74. The number of hydrogen-bond donors (Lipinski definition) is 0. The molecule has 0 amide bonds. The lowest BCUT2D eigenvalue weighted by Crippen LogP contribution is -2.47. The van der Waals surface area contributed by atoms with Gasteiger partial charge in [-0.3, -0.25) is 4.99 Å². The smallest absolute Gasteiger partial charge is 0.214 e. The molecule has 0 saturated carbocycles. The van der Waals surface area contributed by atoms with Gasteiger partial charge in [-0.1, -0.05) is 53.8 Å². The maximum absolute atomic E-state index is 5.97. The van der Waals surface area contributed by atoms with Crippen molar-refractivity contribution in [3.05, 3.63) is 35.5 Å². The van der Waals surface area contributed by atoms with Gasteiger partial charge in [0.05, 0.1) is 18.4 Å². The number of thioether (sulfide) groups is 1. The van der Waals surface area contributed by atoms with Gasteiger partial charge in [-0.15, -0.1) is 5.10 Å². The molecule has 0 radical (unpaired) electrons. The molecule has 1 fully saturated rings. The first-order valence-electron chi connectivity index (χ1n) is 8.99. The standard InChI is InChI=1S/C18H19ClN6S2/c1-12-10-20-16(26-12)23-6-8-24(9-7-23)18-22-25-11-15(21-17(25)27-18)13-2-4-14(19)5-3-13/h2-5,11-12H,6-10H2,1H3. The van der Waals surface area contributed by atoms with Gasteiger partial charge >= 0.3 is 0 Å². The number of nitrogens with zero attached hydrogens (tertiary/aromatic N) is 6. The molecule has 27 heavy (non-hydrogen) atoms. The number of piperazine rings is 1. The number of amidine groups is 1. The van der Waals surface area contributed by atoms with Gasteiger partial charge in [-0.2, -0.15) is 0 Å². The van der Waals surface area contributed by atoms with Crippen molar-refractivity contribution in [2.24, 2.45) is 4.99 Å². The van der Waals surface area contributed by atoms with Crippen molar-refractivity contribution in [3.8, 4) is 11.3 Å². The number of rotatable bonds is 2. The molecule has 2 aliphatic rings. The fourth-order valence-corrected chi connectivity index (χ4v) is 5.35. The van der Waals surface area contributed by atoms with Crippen LogP contribution in [0.2, 0.25) is 5.02 Å². The molecule has 1 unspecified atom stereocenters. The van der Waals surface area contributed by atoms with Crippen molar-refractivity contribution in [2.75, 3.05) is 37.6 Å². The van der Waals surface area contributed by atoms with E-state index in [0.717, 1.165) is 59.1 Å². The Hall–Kier alpha value is -1.77. The summed E-state index contributed by atoms with van der Waals surface area (Å²) in [6.07, 6.45) is 1.99. The fourth-order valence-electron chi connectivity index (χ4n) is 3.30. The minimum absolute atomic E-state index is 0.611. The first-order valence-corrected chi connectivity index (χ1v) is 11.1. The van der Waals surface area contributed by atoms with Gasteiger partial charge in [0.15, 0.2) is 5.17 Å². The number of fused-ring (bicyclic) bond motifs is 1. The molecule has 0 bridgehead atoms. The highest BCUT2D eigenvalue weighted by Crippen LogP contribution is 2.29. The number of hydrogen-bond acceptors (Lipinski definition) is 7. The summed E-state index contributed by atoms with van der Waals surface area (Å²) in [7, 11) is 0. The summed E-state index contributed by atoms with van der Waals surface area (Å²) >= 11 is 9.51. The second-order valence-electron chi connectivity index (χ2n) is 6.77. The van der Waals surface area contributed by atoms with Crippen LogP contribution in [0.3, 0.4) is 0 Å². The molecule has 1 saturated heterocycles. The fraction of sp³-hybridized carbons (Fsp3) is 0.389. The Balaban J connectivity index is 1.29. The lowest BCUT2D eigenvalue weighted by Gasteiger charge is -2.35. The summed E-state index contributed by atoms with van der Waals surface area (Å²) < 4.78 is 1.88. The van der Waals surface area contributed by atoms with Crippen LogP contribution in [-0.2, 0) is 0 Å². The molecular weight excluding hydrogens is 400 g/mol. The SMILES string of the molecule is CC1CN=C(N2CCN(c3nn4cc(-c5ccc(Cl)cc5)nc4s3)CC2)S1. The zero-order chi connectivity index (χ0) is 18.4. The molecule has 0 N–H and O–H groups in total. The van der Waals surface area contributed by atoms with Gasteiger partial charge in [0, 0.05) is 42.0 Å². The van der Waals surface area contributed by atoms with Gasteiger partial charge in [0.25, 0.3) is 0 Å². The zero-order valence-corrected chi connectivity index (χ0v) is 17.3. The first kappa shape index (κ1) is 17.3. The van der Waals surface area contributed by atoms with E-state index in [1.54, 1.807) is 11.3 Å². The molecule has 5 rings (SSSR count). The molecule has 2 aliphatic heterocycles. The van der Waals surface area contributed by atoms with E-state index in [1.165, 1.54) is 5.17 Å². The maximum Gasteiger partial charge on any atom is 0.214 e. The summed E-state index contributed by atoms with van der Waals surface area (Å²) in [5, 5.41) is 8.34. The summed E-state index contributed by atoms with van der Waals surface area (Å²) in [6.45, 7) is 7.11. The van der Waals surface area contributed by atoms with Gasteiger partial charge < -0.3 is 9.80 Å². The van der Waals surface area contributed by atoms with Crippen molar-refractivity contribution in [1.82, 2.24) is 19.5 Å². The number of benzene rings is 1. The van der Waals surface area contributed by atoms with E-state index in [0.29, 0.717) is 5.25 Å². The highest BCUT2D eigenvalue weighted by Gasteiger charge is 2.26. The van der Waals surface area contributed by atoms with E-state index < -0.39 is 0 Å². The summed E-state index contributed by atoms with van der Waals surface area (Å²) in [5.74, 6) is 0. The molecule has 3 aromatic rings. The molecule has 4 heterocycles. The highest BCUT2D eigenvalue weighted by molar-refractivity contribution is 8.14. The van der Waals surface area contributed by atoms with Crippen molar-refractivity contribution in [1.29, 1.82) is 0 Å². The molecule has 1 atom stereocenters. The Kier molecular flexibility index (Phi) is 4.49. The van der Waals surface area contributed by atoms with E-state index in [4.69, 9.17) is 21.7 Å². The third-order valence-electron chi connectivity index (χ3n) is 4.78. The molecule has 2 aromatic heterocycles.